The van der Waals surface area contributed by atoms with Gasteiger partial charge >= 0.3 is 5.97 Å². The standard InChI is InChI=1S/C22H25N5O3/c1-5-14(2)24-22-26-17(16-8-6-7-11-23-16)13-20(27-22)25-18-12-15(21(28)30-4)9-10-19(18)29-3/h6-14H,5H2,1-4H3,(H2,24,25,26,27)/t14-/m0/s1. The molecule has 1 aromatic carbocycles. The minimum atomic E-state index is -0.434. The number of aromatic nitrogens is 3. The third kappa shape index (κ3) is 5.02. The average molecular weight is 407 g/mol. The van der Waals surface area contributed by atoms with Crippen molar-refractivity contribution in [3.63, 3.8) is 0 Å². The largest absolute Gasteiger partial charge is 0.495 e. The molecule has 1 atom stereocenters. The highest BCUT2D eigenvalue weighted by atomic mass is 16.5. The fourth-order valence-electron chi connectivity index (χ4n) is 2.73. The SMILES string of the molecule is CC[C@H](C)Nc1nc(Nc2cc(C(=O)OC)ccc2OC)cc(-c2ccccn2)n1. The van der Waals surface area contributed by atoms with E-state index in [0.29, 0.717) is 34.5 Å². The molecular formula is C22H25N5O3. The van der Waals surface area contributed by atoms with Crippen LogP contribution in [-0.4, -0.2) is 41.2 Å². The molecule has 0 aliphatic rings. The monoisotopic (exact) mass is 407 g/mol. The van der Waals surface area contributed by atoms with Gasteiger partial charge in [0.15, 0.2) is 0 Å². The average Bonchev–Trinajstić information content (AvgIpc) is 2.78. The van der Waals surface area contributed by atoms with Gasteiger partial charge in [-0.15, -0.1) is 0 Å². The van der Waals surface area contributed by atoms with Crippen molar-refractivity contribution in [3.8, 4) is 17.1 Å². The van der Waals surface area contributed by atoms with E-state index in [2.05, 4.69) is 39.4 Å². The zero-order valence-corrected chi connectivity index (χ0v) is 17.5. The van der Waals surface area contributed by atoms with Gasteiger partial charge in [0.25, 0.3) is 0 Å². The van der Waals surface area contributed by atoms with Crippen LogP contribution >= 0.6 is 0 Å². The zero-order valence-electron chi connectivity index (χ0n) is 17.5. The van der Waals surface area contributed by atoms with Gasteiger partial charge in [0.05, 0.1) is 36.9 Å². The van der Waals surface area contributed by atoms with E-state index in [-0.39, 0.29) is 6.04 Å². The van der Waals surface area contributed by atoms with Gasteiger partial charge in [-0.3, -0.25) is 4.98 Å². The molecule has 0 aliphatic heterocycles. The van der Waals surface area contributed by atoms with Crippen LogP contribution in [0.25, 0.3) is 11.4 Å². The van der Waals surface area contributed by atoms with E-state index in [0.717, 1.165) is 12.1 Å². The van der Waals surface area contributed by atoms with Crippen molar-refractivity contribution in [2.75, 3.05) is 24.9 Å². The molecule has 0 spiro atoms. The third-order valence-corrected chi connectivity index (χ3v) is 4.52. The maximum Gasteiger partial charge on any atom is 0.337 e. The minimum absolute atomic E-state index is 0.203. The van der Waals surface area contributed by atoms with E-state index in [1.54, 1.807) is 37.6 Å². The van der Waals surface area contributed by atoms with E-state index in [1.165, 1.54) is 7.11 Å². The maximum absolute atomic E-state index is 11.9. The van der Waals surface area contributed by atoms with Gasteiger partial charge in [-0.05, 0) is 43.7 Å². The van der Waals surface area contributed by atoms with Crippen LogP contribution in [0.3, 0.4) is 0 Å². The van der Waals surface area contributed by atoms with Crippen molar-refractivity contribution in [1.82, 2.24) is 15.0 Å². The van der Waals surface area contributed by atoms with Crippen LogP contribution < -0.4 is 15.4 Å². The molecule has 0 radical (unpaired) electrons. The number of ether oxygens (including phenoxy) is 2. The summed E-state index contributed by atoms with van der Waals surface area (Å²) < 4.78 is 10.2. The Hall–Kier alpha value is -3.68. The molecular weight excluding hydrogens is 382 g/mol. The van der Waals surface area contributed by atoms with Crippen molar-refractivity contribution < 1.29 is 14.3 Å². The molecule has 8 nitrogen and oxygen atoms in total. The molecule has 0 aliphatic carbocycles. The summed E-state index contributed by atoms with van der Waals surface area (Å²) in [6.45, 7) is 4.15. The fraction of sp³-hybridized carbons (Fsp3) is 0.273. The van der Waals surface area contributed by atoms with Crippen LogP contribution in [0.4, 0.5) is 17.5 Å². The summed E-state index contributed by atoms with van der Waals surface area (Å²) in [7, 11) is 2.91. The van der Waals surface area contributed by atoms with Crippen molar-refractivity contribution in [1.29, 1.82) is 0 Å². The summed E-state index contributed by atoms with van der Waals surface area (Å²) in [5.74, 6) is 1.16. The van der Waals surface area contributed by atoms with Gasteiger partial charge in [0.2, 0.25) is 5.95 Å². The third-order valence-electron chi connectivity index (χ3n) is 4.52. The Labute approximate surface area is 175 Å². The number of carbonyl (C=O) groups is 1. The van der Waals surface area contributed by atoms with Gasteiger partial charge in [-0.2, -0.15) is 4.98 Å². The number of pyridine rings is 1. The maximum atomic E-state index is 11.9. The molecule has 2 heterocycles. The first-order valence-electron chi connectivity index (χ1n) is 9.64. The van der Waals surface area contributed by atoms with Crippen molar-refractivity contribution in [3.05, 3.63) is 54.2 Å². The number of nitrogens with zero attached hydrogens (tertiary/aromatic N) is 3. The highest BCUT2D eigenvalue weighted by Crippen LogP contribution is 2.30. The van der Waals surface area contributed by atoms with Crippen molar-refractivity contribution >= 4 is 23.4 Å². The van der Waals surface area contributed by atoms with Crippen LogP contribution in [0.15, 0.2) is 48.7 Å². The number of benzene rings is 1. The molecule has 0 amide bonds. The van der Waals surface area contributed by atoms with E-state index in [1.807, 2.05) is 18.2 Å². The summed E-state index contributed by atoms with van der Waals surface area (Å²) in [5.41, 5.74) is 2.38. The molecule has 2 aromatic heterocycles. The molecule has 0 saturated carbocycles. The number of esters is 1. The second-order valence-electron chi connectivity index (χ2n) is 6.66. The van der Waals surface area contributed by atoms with Gasteiger partial charge in [-0.25, -0.2) is 9.78 Å². The Morgan fingerprint density at radius 1 is 1.10 bits per heavy atom. The lowest BCUT2D eigenvalue weighted by Crippen LogP contribution is -2.16. The first kappa shape index (κ1) is 21.0. The van der Waals surface area contributed by atoms with Crippen LogP contribution in [0.1, 0.15) is 30.6 Å². The molecule has 0 unspecified atom stereocenters. The van der Waals surface area contributed by atoms with Gasteiger partial charge in [-0.1, -0.05) is 13.0 Å². The van der Waals surface area contributed by atoms with E-state index in [4.69, 9.17) is 9.47 Å². The summed E-state index contributed by atoms with van der Waals surface area (Å²) in [6.07, 6.45) is 2.64. The lowest BCUT2D eigenvalue weighted by Gasteiger charge is -2.16. The Balaban J connectivity index is 2.02. The number of rotatable bonds is 8. The molecule has 2 N–H and O–H groups in total. The predicted octanol–water partition coefficient (Wildman–Crippen LogP) is 4.29. The summed E-state index contributed by atoms with van der Waals surface area (Å²) in [5, 5.41) is 6.53. The highest BCUT2D eigenvalue weighted by molar-refractivity contribution is 5.91. The number of hydrogen-bond acceptors (Lipinski definition) is 8. The van der Waals surface area contributed by atoms with Gasteiger partial charge < -0.3 is 20.1 Å². The number of methoxy groups -OCH3 is 2. The highest BCUT2D eigenvalue weighted by Gasteiger charge is 2.14. The Kier molecular flexibility index (Phi) is 6.79. The smallest absolute Gasteiger partial charge is 0.337 e. The van der Waals surface area contributed by atoms with Crippen molar-refractivity contribution in [2.24, 2.45) is 0 Å². The van der Waals surface area contributed by atoms with Crippen LogP contribution in [0.5, 0.6) is 5.75 Å². The van der Waals surface area contributed by atoms with E-state index >= 15 is 0 Å². The number of nitrogens with one attached hydrogen (secondary N) is 2. The van der Waals surface area contributed by atoms with Gasteiger partial charge in [0.1, 0.15) is 11.6 Å². The normalized spacial score (nSPS) is 11.5. The first-order chi connectivity index (χ1) is 14.5. The number of hydrogen-bond donors (Lipinski definition) is 2. The fourth-order valence-corrected chi connectivity index (χ4v) is 2.73. The van der Waals surface area contributed by atoms with Crippen molar-refractivity contribution in [2.45, 2.75) is 26.3 Å². The molecule has 0 bridgehead atoms. The van der Waals surface area contributed by atoms with E-state index in [9.17, 15) is 4.79 Å². The second kappa shape index (κ2) is 9.69. The minimum Gasteiger partial charge on any atom is -0.495 e. The molecule has 8 heteroatoms. The lowest BCUT2D eigenvalue weighted by atomic mass is 10.2. The molecule has 0 fully saturated rings. The number of carbonyl (C=O) groups excluding carboxylic acids is 1. The molecule has 3 aromatic rings. The summed E-state index contributed by atoms with van der Waals surface area (Å²) >= 11 is 0. The molecule has 3 rings (SSSR count). The molecule has 0 saturated heterocycles. The quantitative estimate of drug-likeness (QED) is 0.534. The Morgan fingerprint density at radius 2 is 1.93 bits per heavy atom. The molecule has 30 heavy (non-hydrogen) atoms. The topological polar surface area (TPSA) is 98.3 Å². The predicted molar refractivity (Wildman–Crippen MR) is 116 cm³/mol. The zero-order chi connectivity index (χ0) is 21.5. The number of anilines is 3. The second-order valence-corrected chi connectivity index (χ2v) is 6.66. The van der Waals surface area contributed by atoms with E-state index < -0.39 is 5.97 Å². The van der Waals surface area contributed by atoms with Gasteiger partial charge in [0, 0.05) is 18.3 Å². The molecule has 156 valence electrons. The van der Waals surface area contributed by atoms with Crippen LogP contribution in [0, 0.1) is 0 Å². The Bertz CT molecular complexity index is 1010. The lowest BCUT2D eigenvalue weighted by molar-refractivity contribution is 0.0600. The Morgan fingerprint density at radius 3 is 2.60 bits per heavy atom. The summed E-state index contributed by atoms with van der Waals surface area (Å²) in [6, 6.07) is 12.7. The summed E-state index contributed by atoms with van der Waals surface area (Å²) in [4.78, 5) is 25.5. The first-order valence-corrected chi connectivity index (χ1v) is 9.64. The van der Waals surface area contributed by atoms with Crippen LogP contribution in [0.2, 0.25) is 0 Å². The van der Waals surface area contributed by atoms with Crippen LogP contribution in [-0.2, 0) is 4.74 Å².